The Bertz CT molecular complexity index is 449. The van der Waals surface area contributed by atoms with E-state index in [0.717, 1.165) is 5.56 Å². The third-order valence-corrected chi connectivity index (χ3v) is 2.70. The number of alkyl halides is 3. The first-order chi connectivity index (χ1) is 9.31. The lowest BCUT2D eigenvalue weighted by molar-refractivity contribution is -0.138. The Balaban J connectivity index is 2.47. The highest BCUT2D eigenvalue weighted by Gasteiger charge is 2.27. The van der Waals surface area contributed by atoms with E-state index in [1.54, 1.807) is 24.3 Å². The number of hydrogen-bond acceptors (Lipinski definition) is 3. The molecule has 112 valence electrons. The molecule has 0 saturated carbocycles. The fourth-order valence-electron chi connectivity index (χ4n) is 1.65. The molecule has 0 bridgehead atoms. The lowest BCUT2D eigenvalue weighted by Crippen LogP contribution is -2.33. The normalized spacial score (nSPS) is 11.7. The first kappa shape index (κ1) is 16.5. The van der Waals surface area contributed by atoms with Crippen LogP contribution in [-0.2, 0) is 11.3 Å². The van der Waals surface area contributed by atoms with Crippen LogP contribution in [0.15, 0.2) is 24.3 Å². The molecule has 1 rings (SSSR count). The van der Waals surface area contributed by atoms with Crippen molar-refractivity contribution < 1.29 is 18.0 Å². The van der Waals surface area contributed by atoms with E-state index in [1.807, 2.05) is 0 Å². The van der Waals surface area contributed by atoms with Crippen molar-refractivity contribution in [2.45, 2.75) is 19.1 Å². The highest BCUT2D eigenvalue weighted by molar-refractivity contribution is 5.92. The molecule has 7 heteroatoms. The van der Waals surface area contributed by atoms with Gasteiger partial charge in [0.15, 0.2) is 0 Å². The number of nitrogens with one attached hydrogen (secondary N) is 1. The Labute approximate surface area is 115 Å². The molecule has 3 N–H and O–H groups in total. The van der Waals surface area contributed by atoms with E-state index < -0.39 is 12.6 Å². The highest BCUT2D eigenvalue weighted by atomic mass is 19.4. The number of carbonyl (C=O) groups excluding carboxylic acids is 1. The molecule has 0 spiro atoms. The van der Waals surface area contributed by atoms with E-state index in [1.165, 1.54) is 11.9 Å². The summed E-state index contributed by atoms with van der Waals surface area (Å²) in [5.74, 6) is -0.365. The summed E-state index contributed by atoms with van der Waals surface area (Å²) in [5, 5.41) is 2.65. The van der Waals surface area contributed by atoms with Gasteiger partial charge in [0.25, 0.3) is 0 Å². The molecule has 0 fully saturated rings. The number of nitrogens with two attached hydrogens (primary N) is 1. The molecule has 0 aliphatic heterocycles. The third-order valence-electron chi connectivity index (χ3n) is 2.70. The van der Waals surface area contributed by atoms with Crippen LogP contribution in [0, 0.1) is 0 Å². The fourth-order valence-corrected chi connectivity index (χ4v) is 1.65. The number of halogens is 3. The summed E-state index contributed by atoms with van der Waals surface area (Å²) in [6.07, 6.45) is -5.15. The van der Waals surface area contributed by atoms with Crippen molar-refractivity contribution in [1.82, 2.24) is 4.90 Å². The zero-order valence-corrected chi connectivity index (χ0v) is 11.2. The standard InChI is InChI=1S/C13H18F3N3O/c1-19(7-6-13(14,15)16)9-12(20)18-11-5-3-2-4-10(11)8-17/h2-5H,6-9,17H2,1H3,(H,18,20). The van der Waals surface area contributed by atoms with E-state index in [0.29, 0.717) is 5.69 Å². The highest BCUT2D eigenvalue weighted by Crippen LogP contribution is 2.19. The number of para-hydroxylation sites is 1. The minimum absolute atomic E-state index is 0.102. The quantitative estimate of drug-likeness (QED) is 0.841. The zero-order valence-electron chi connectivity index (χ0n) is 11.2. The van der Waals surface area contributed by atoms with Gasteiger partial charge in [-0.15, -0.1) is 0 Å². The molecule has 0 radical (unpaired) electrons. The van der Waals surface area contributed by atoms with Gasteiger partial charge in [0.2, 0.25) is 5.91 Å². The van der Waals surface area contributed by atoms with Gasteiger partial charge in [-0.2, -0.15) is 13.2 Å². The molecule has 1 aromatic rings. The number of hydrogen-bond donors (Lipinski definition) is 2. The summed E-state index contributed by atoms with van der Waals surface area (Å²) in [6.45, 7) is -0.0369. The number of nitrogens with zero attached hydrogens (tertiary/aromatic N) is 1. The van der Waals surface area contributed by atoms with E-state index in [9.17, 15) is 18.0 Å². The predicted molar refractivity (Wildman–Crippen MR) is 71.1 cm³/mol. The van der Waals surface area contributed by atoms with Crippen molar-refractivity contribution in [2.75, 3.05) is 25.5 Å². The molecule has 0 aliphatic rings. The first-order valence-corrected chi connectivity index (χ1v) is 6.15. The Morgan fingerprint density at radius 2 is 2.00 bits per heavy atom. The summed E-state index contributed by atoms with van der Waals surface area (Å²) in [4.78, 5) is 13.1. The number of rotatable bonds is 6. The van der Waals surface area contributed by atoms with Crippen molar-refractivity contribution in [3.63, 3.8) is 0 Å². The lowest BCUT2D eigenvalue weighted by Gasteiger charge is -2.17. The van der Waals surface area contributed by atoms with E-state index in [4.69, 9.17) is 5.73 Å². The van der Waals surface area contributed by atoms with E-state index in [2.05, 4.69) is 5.32 Å². The number of benzene rings is 1. The molecule has 0 atom stereocenters. The fraction of sp³-hybridized carbons (Fsp3) is 0.462. The van der Waals surface area contributed by atoms with Crippen LogP contribution in [0.1, 0.15) is 12.0 Å². The first-order valence-electron chi connectivity index (χ1n) is 6.15. The minimum Gasteiger partial charge on any atom is -0.326 e. The lowest BCUT2D eigenvalue weighted by atomic mass is 10.2. The van der Waals surface area contributed by atoms with Crippen molar-refractivity contribution in [3.8, 4) is 0 Å². The van der Waals surface area contributed by atoms with Crippen LogP contribution in [-0.4, -0.2) is 37.1 Å². The maximum Gasteiger partial charge on any atom is 0.390 e. The molecule has 0 aromatic heterocycles. The Morgan fingerprint density at radius 3 is 2.60 bits per heavy atom. The van der Waals surface area contributed by atoms with Crippen LogP contribution < -0.4 is 11.1 Å². The monoisotopic (exact) mass is 289 g/mol. The summed E-state index contributed by atoms with van der Waals surface area (Å²) >= 11 is 0. The summed E-state index contributed by atoms with van der Waals surface area (Å²) < 4.78 is 36.2. The van der Waals surface area contributed by atoms with Crippen molar-refractivity contribution in [1.29, 1.82) is 0 Å². The number of amides is 1. The van der Waals surface area contributed by atoms with Crippen LogP contribution in [0.25, 0.3) is 0 Å². The molecule has 1 amide bonds. The predicted octanol–water partition coefficient (Wildman–Crippen LogP) is 1.97. The van der Waals surface area contributed by atoms with Gasteiger partial charge < -0.3 is 11.1 Å². The molecule has 0 saturated heterocycles. The summed E-state index contributed by atoms with van der Waals surface area (Å²) in [6, 6.07) is 7.04. The third kappa shape index (κ3) is 6.03. The minimum atomic E-state index is -4.21. The van der Waals surface area contributed by atoms with Crippen molar-refractivity contribution >= 4 is 11.6 Å². The van der Waals surface area contributed by atoms with Crippen LogP contribution >= 0.6 is 0 Å². The zero-order chi connectivity index (χ0) is 15.2. The molecule has 1 aromatic carbocycles. The van der Waals surface area contributed by atoms with Gasteiger partial charge in [-0.1, -0.05) is 18.2 Å². The number of carbonyl (C=O) groups is 1. The average molecular weight is 289 g/mol. The summed E-state index contributed by atoms with van der Waals surface area (Å²) in [5.41, 5.74) is 6.90. The van der Waals surface area contributed by atoms with Crippen LogP contribution in [0.5, 0.6) is 0 Å². The molecule has 0 aliphatic carbocycles. The average Bonchev–Trinajstić information content (AvgIpc) is 2.36. The Hall–Kier alpha value is -1.60. The SMILES string of the molecule is CN(CCC(F)(F)F)CC(=O)Nc1ccccc1CN. The number of likely N-dealkylation sites (N-methyl/N-ethyl adjacent to an activating group) is 1. The van der Waals surface area contributed by atoms with Gasteiger partial charge in [-0.3, -0.25) is 9.69 Å². The van der Waals surface area contributed by atoms with Gasteiger partial charge in [0.1, 0.15) is 0 Å². The van der Waals surface area contributed by atoms with Crippen LogP contribution in [0.4, 0.5) is 18.9 Å². The van der Waals surface area contributed by atoms with E-state index >= 15 is 0 Å². The van der Waals surface area contributed by atoms with Gasteiger partial charge >= 0.3 is 6.18 Å². The Kier molecular flexibility index (Phi) is 5.97. The second-order valence-corrected chi connectivity index (χ2v) is 4.51. The largest absolute Gasteiger partial charge is 0.390 e. The maximum atomic E-state index is 12.1. The molecule has 4 nitrogen and oxygen atoms in total. The molecule has 0 heterocycles. The van der Waals surface area contributed by atoms with Gasteiger partial charge in [-0.05, 0) is 18.7 Å². The molecular weight excluding hydrogens is 271 g/mol. The van der Waals surface area contributed by atoms with Crippen LogP contribution in [0.3, 0.4) is 0 Å². The maximum absolute atomic E-state index is 12.1. The molecule has 20 heavy (non-hydrogen) atoms. The van der Waals surface area contributed by atoms with Crippen molar-refractivity contribution in [3.05, 3.63) is 29.8 Å². The van der Waals surface area contributed by atoms with Gasteiger partial charge in [0.05, 0.1) is 13.0 Å². The molecule has 0 unspecified atom stereocenters. The number of anilines is 1. The van der Waals surface area contributed by atoms with Crippen molar-refractivity contribution in [2.24, 2.45) is 5.73 Å². The summed E-state index contributed by atoms with van der Waals surface area (Å²) in [7, 11) is 1.47. The van der Waals surface area contributed by atoms with Crippen LogP contribution in [0.2, 0.25) is 0 Å². The smallest absolute Gasteiger partial charge is 0.326 e. The second-order valence-electron chi connectivity index (χ2n) is 4.51. The van der Waals surface area contributed by atoms with Gasteiger partial charge in [0, 0.05) is 18.8 Å². The Morgan fingerprint density at radius 1 is 1.35 bits per heavy atom. The van der Waals surface area contributed by atoms with E-state index in [-0.39, 0.29) is 25.5 Å². The van der Waals surface area contributed by atoms with Gasteiger partial charge in [-0.25, -0.2) is 0 Å². The topological polar surface area (TPSA) is 58.4 Å². The molecular formula is C13H18F3N3O. The second kappa shape index (κ2) is 7.25.